The summed E-state index contributed by atoms with van der Waals surface area (Å²) >= 11 is 6.08. The number of hydrogen-bond donors (Lipinski definition) is 2. The first-order valence-corrected chi connectivity index (χ1v) is 7.63. The van der Waals surface area contributed by atoms with Gasteiger partial charge in [-0.2, -0.15) is 0 Å². The molecule has 2 aliphatic heterocycles. The minimum absolute atomic E-state index is 0.299. The summed E-state index contributed by atoms with van der Waals surface area (Å²) in [4.78, 5) is 24.1. The molecule has 2 N–H and O–H groups in total. The van der Waals surface area contributed by atoms with Crippen molar-refractivity contribution in [1.82, 2.24) is 0 Å². The van der Waals surface area contributed by atoms with Crippen LogP contribution in [0.1, 0.15) is 0 Å². The fourth-order valence-electron chi connectivity index (χ4n) is 3.09. The van der Waals surface area contributed by atoms with E-state index in [-0.39, 0.29) is 0 Å². The summed E-state index contributed by atoms with van der Waals surface area (Å²) in [5.74, 6) is -2.49. The average molecular weight is 354 g/mol. The van der Waals surface area contributed by atoms with Crippen molar-refractivity contribution in [3.05, 3.63) is 29.3 Å². The fraction of sp³-hybridized carbons (Fsp3) is 0.375. The van der Waals surface area contributed by atoms with Gasteiger partial charge in [0.2, 0.25) is 5.91 Å². The number of benzene rings is 1. The van der Waals surface area contributed by atoms with Crippen molar-refractivity contribution < 1.29 is 28.9 Å². The number of carboxylic acids is 1. The molecule has 0 saturated carbocycles. The quantitative estimate of drug-likeness (QED) is 0.786. The Morgan fingerprint density at radius 3 is 2.33 bits per heavy atom. The lowest BCUT2D eigenvalue weighted by Gasteiger charge is -2.22. The summed E-state index contributed by atoms with van der Waals surface area (Å²) in [6, 6.07) is 3.04. The van der Waals surface area contributed by atoms with Gasteiger partial charge in [0.25, 0.3) is 0 Å². The Kier molecular flexibility index (Phi) is 4.38. The maximum absolute atomic E-state index is 12.6. The molecule has 8 heteroatoms. The zero-order valence-corrected chi connectivity index (χ0v) is 13.7. The van der Waals surface area contributed by atoms with Gasteiger partial charge in [0.05, 0.1) is 43.1 Å². The number of methoxy groups -OCH3 is 2. The third kappa shape index (κ3) is 2.70. The van der Waals surface area contributed by atoms with Crippen LogP contribution < -0.4 is 14.8 Å². The Labute approximate surface area is 143 Å². The molecule has 0 aliphatic carbocycles. The van der Waals surface area contributed by atoms with Crippen LogP contribution in [-0.2, 0) is 14.3 Å². The normalized spacial score (nSPS) is 27.1. The zero-order chi connectivity index (χ0) is 17.4. The highest BCUT2D eigenvalue weighted by Gasteiger charge is 2.53. The molecule has 3 rings (SSSR count). The predicted octanol–water partition coefficient (Wildman–Crippen LogP) is 1.95. The second kappa shape index (κ2) is 6.33. The number of ether oxygens (including phenoxy) is 3. The second-order valence-electron chi connectivity index (χ2n) is 5.52. The van der Waals surface area contributed by atoms with Gasteiger partial charge in [-0.05, 0) is 6.07 Å². The molecule has 1 saturated heterocycles. The monoisotopic (exact) mass is 353 g/mol. The van der Waals surface area contributed by atoms with E-state index < -0.39 is 35.9 Å². The van der Waals surface area contributed by atoms with Crippen molar-refractivity contribution in [1.29, 1.82) is 0 Å². The number of halogens is 1. The number of nitrogens with one attached hydrogen (secondary N) is 1. The number of carbonyl (C=O) groups is 2. The number of carboxylic acid groups (broad SMARTS) is 1. The van der Waals surface area contributed by atoms with Crippen molar-refractivity contribution in [3.8, 4) is 11.5 Å². The Hall–Kier alpha value is -2.25. The number of anilines is 1. The molecule has 2 bridgehead atoms. The number of rotatable bonds is 5. The van der Waals surface area contributed by atoms with Gasteiger partial charge in [0.1, 0.15) is 17.4 Å². The number of hydrogen-bond acceptors (Lipinski definition) is 5. The minimum atomic E-state index is -1.06. The van der Waals surface area contributed by atoms with Crippen LogP contribution in [0.25, 0.3) is 0 Å². The molecular weight excluding hydrogens is 338 g/mol. The van der Waals surface area contributed by atoms with Crippen LogP contribution >= 0.6 is 11.6 Å². The third-order valence-corrected chi connectivity index (χ3v) is 4.51. The highest BCUT2D eigenvalue weighted by atomic mass is 35.5. The maximum atomic E-state index is 12.6. The molecule has 0 spiro atoms. The van der Waals surface area contributed by atoms with E-state index in [1.807, 2.05) is 0 Å². The summed E-state index contributed by atoms with van der Waals surface area (Å²) in [7, 11) is 2.91. The Balaban J connectivity index is 1.86. The van der Waals surface area contributed by atoms with Crippen LogP contribution in [0.4, 0.5) is 5.69 Å². The third-order valence-electron chi connectivity index (χ3n) is 4.22. The SMILES string of the molecule is COc1cc(OC)c(NC(=O)C2C3C=CC(O3)C2C(=O)O)cc1Cl. The molecule has 1 aromatic carbocycles. The fourth-order valence-corrected chi connectivity index (χ4v) is 3.33. The van der Waals surface area contributed by atoms with Crippen LogP contribution in [0.15, 0.2) is 24.3 Å². The minimum Gasteiger partial charge on any atom is -0.495 e. The van der Waals surface area contributed by atoms with Crippen LogP contribution in [-0.4, -0.2) is 43.4 Å². The van der Waals surface area contributed by atoms with E-state index in [4.69, 9.17) is 25.8 Å². The lowest BCUT2D eigenvalue weighted by atomic mass is 9.82. The topological polar surface area (TPSA) is 94.1 Å². The summed E-state index contributed by atoms with van der Waals surface area (Å²) in [5.41, 5.74) is 0.337. The zero-order valence-electron chi connectivity index (χ0n) is 13.0. The molecule has 4 atom stereocenters. The van der Waals surface area contributed by atoms with E-state index in [0.717, 1.165) is 0 Å². The number of amides is 1. The summed E-state index contributed by atoms with van der Waals surface area (Å²) in [5, 5.41) is 12.4. The molecule has 24 heavy (non-hydrogen) atoms. The van der Waals surface area contributed by atoms with Crippen LogP contribution in [0, 0.1) is 11.8 Å². The maximum Gasteiger partial charge on any atom is 0.310 e. The van der Waals surface area contributed by atoms with Crippen molar-refractivity contribution in [2.75, 3.05) is 19.5 Å². The molecule has 1 aromatic rings. The highest BCUT2D eigenvalue weighted by Crippen LogP contribution is 2.41. The van der Waals surface area contributed by atoms with Crippen molar-refractivity contribution >= 4 is 29.2 Å². The molecule has 0 aromatic heterocycles. The molecule has 0 radical (unpaired) electrons. The van der Waals surface area contributed by atoms with Gasteiger partial charge >= 0.3 is 5.97 Å². The first kappa shape index (κ1) is 16.6. The van der Waals surface area contributed by atoms with E-state index in [1.54, 1.807) is 18.2 Å². The summed E-state index contributed by atoms with van der Waals surface area (Å²) < 4.78 is 15.8. The van der Waals surface area contributed by atoms with Crippen LogP contribution in [0.2, 0.25) is 5.02 Å². The van der Waals surface area contributed by atoms with Gasteiger partial charge < -0.3 is 24.6 Å². The highest BCUT2D eigenvalue weighted by molar-refractivity contribution is 6.32. The molecule has 2 aliphatic rings. The molecule has 2 heterocycles. The van der Waals surface area contributed by atoms with Crippen molar-refractivity contribution in [3.63, 3.8) is 0 Å². The van der Waals surface area contributed by atoms with Crippen molar-refractivity contribution in [2.24, 2.45) is 11.8 Å². The Morgan fingerprint density at radius 2 is 1.75 bits per heavy atom. The van der Waals surface area contributed by atoms with Gasteiger partial charge in [-0.3, -0.25) is 9.59 Å². The summed E-state index contributed by atoms with van der Waals surface area (Å²) in [6.45, 7) is 0. The second-order valence-corrected chi connectivity index (χ2v) is 5.92. The van der Waals surface area contributed by atoms with Crippen molar-refractivity contribution in [2.45, 2.75) is 12.2 Å². The molecular formula is C16H16ClNO6. The van der Waals surface area contributed by atoms with E-state index in [9.17, 15) is 14.7 Å². The molecule has 1 amide bonds. The van der Waals surface area contributed by atoms with Gasteiger partial charge in [-0.25, -0.2) is 0 Å². The lowest BCUT2D eigenvalue weighted by molar-refractivity contribution is -0.145. The molecule has 7 nitrogen and oxygen atoms in total. The van der Waals surface area contributed by atoms with Gasteiger partial charge in [-0.15, -0.1) is 0 Å². The van der Waals surface area contributed by atoms with E-state index in [0.29, 0.717) is 22.2 Å². The van der Waals surface area contributed by atoms with E-state index in [1.165, 1.54) is 20.3 Å². The van der Waals surface area contributed by atoms with Gasteiger partial charge in [0.15, 0.2) is 0 Å². The lowest BCUT2D eigenvalue weighted by Crippen LogP contribution is -2.39. The summed E-state index contributed by atoms with van der Waals surface area (Å²) in [6.07, 6.45) is 2.27. The predicted molar refractivity (Wildman–Crippen MR) is 85.6 cm³/mol. The van der Waals surface area contributed by atoms with Gasteiger partial charge in [-0.1, -0.05) is 23.8 Å². The smallest absolute Gasteiger partial charge is 0.310 e. The van der Waals surface area contributed by atoms with Crippen LogP contribution in [0.5, 0.6) is 11.5 Å². The van der Waals surface area contributed by atoms with E-state index >= 15 is 0 Å². The first-order chi connectivity index (χ1) is 11.5. The average Bonchev–Trinajstić information content (AvgIpc) is 3.16. The number of aliphatic carboxylic acids is 1. The Morgan fingerprint density at radius 1 is 1.12 bits per heavy atom. The molecule has 128 valence electrons. The van der Waals surface area contributed by atoms with E-state index in [2.05, 4.69) is 5.32 Å². The standard InChI is InChI=1S/C16H16ClNO6/c1-22-11-6-12(23-2)8(5-7(11)17)18-15(19)13-9-3-4-10(24-9)14(13)16(20)21/h3-6,9-10,13-14H,1-2H3,(H,18,19)(H,20,21). The number of fused-ring (bicyclic) bond motifs is 2. The molecule has 4 unspecified atom stereocenters. The Bertz CT molecular complexity index is 719. The largest absolute Gasteiger partial charge is 0.495 e. The van der Waals surface area contributed by atoms with Gasteiger partial charge in [0, 0.05) is 6.07 Å². The first-order valence-electron chi connectivity index (χ1n) is 7.25. The molecule has 1 fully saturated rings. The number of carbonyl (C=O) groups excluding carboxylic acids is 1. The van der Waals surface area contributed by atoms with Crippen LogP contribution in [0.3, 0.4) is 0 Å².